The molecule has 0 amide bonds. The summed E-state index contributed by atoms with van der Waals surface area (Å²) in [5.74, 6) is -0.549. The molecule has 0 radical (unpaired) electrons. The topological polar surface area (TPSA) is 29.5 Å². The van der Waals surface area contributed by atoms with E-state index in [0.717, 1.165) is 13.0 Å². The summed E-state index contributed by atoms with van der Waals surface area (Å²) < 4.78 is 19.4. The predicted octanol–water partition coefficient (Wildman–Crippen LogP) is 2.89. The molecule has 1 aliphatic rings. The largest absolute Gasteiger partial charge is 0.488 e. The predicted molar refractivity (Wildman–Crippen MR) is 72.2 cm³/mol. The van der Waals surface area contributed by atoms with Crippen molar-refractivity contribution in [1.82, 2.24) is 4.90 Å². The molecule has 0 spiro atoms. The number of carbonyl (C=O) groups excluding carboxylic acids is 1. The van der Waals surface area contributed by atoms with Gasteiger partial charge in [0, 0.05) is 6.04 Å². The molecule has 2 rings (SSSR count). The van der Waals surface area contributed by atoms with Crippen LogP contribution in [0.5, 0.6) is 5.75 Å². The van der Waals surface area contributed by atoms with Gasteiger partial charge in [-0.15, -0.1) is 0 Å². The van der Waals surface area contributed by atoms with Crippen LogP contribution in [0.25, 0.3) is 0 Å². The van der Waals surface area contributed by atoms with E-state index >= 15 is 0 Å². The van der Waals surface area contributed by atoms with Crippen LogP contribution in [0.3, 0.4) is 0 Å². The Labute approximate surface area is 113 Å². The van der Waals surface area contributed by atoms with Crippen LogP contribution in [0.15, 0.2) is 18.2 Å². The smallest absolute Gasteiger partial charge is 0.165 e. The molecule has 0 bridgehead atoms. The second-order valence-electron chi connectivity index (χ2n) is 5.11. The van der Waals surface area contributed by atoms with Crippen LogP contribution in [0.1, 0.15) is 36.5 Å². The fourth-order valence-corrected chi connectivity index (χ4v) is 2.47. The molecule has 1 heterocycles. The van der Waals surface area contributed by atoms with Crippen LogP contribution in [0.2, 0.25) is 0 Å². The number of Topliss-reactive ketones (excluding diaryl/α,β-unsaturated/α-hetero) is 1. The van der Waals surface area contributed by atoms with Crippen molar-refractivity contribution in [3.05, 3.63) is 29.6 Å². The normalized spacial score (nSPS) is 20.3. The van der Waals surface area contributed by atoms with Gasteiger partial charge in [0.05, 0.1) is 5.56 Å². The van der Waals surface area contributed by atoms with Crippen molar-refractivity contribution >= 4 is 5.78 Å². The molecule has 104 valence electrons. The van der Waals surface area contributed by atoms with E-state index in [1.807, 2.05) is 0 Å². The molecule has 19 heavy (non-hydrogen) atoms. The minimum atomic E-state index is -0.467. The lowest BCUT2D eigenvalue weighted by molar-refractivity contribution is 0.0996. The molecular formula is C15H20FNO2. The maximum Gasteiger partial charge on any atom is 0.165 e. The van der Waals surface area contributed by atoms with E-state index in [-0.39, 0.29) is 11.5 Å². The molecular weight excluding hydrogens is 245 g/mol. The molecule has 1 saturated heterocycles. The first-order chi connectivity index (χ1) is 9.09. The van der Waals surface area contributed by atoms with Crippen LogP contribution < -0.4 is 4.74 Å². The molecule has 1 atom stereocenters. The summed E-state index contributed by atoms with van der Waals surface area (Å²) in [4.78, 5) is 13.7. The maximum absolute atomic E-state index is 13.8. The van der Waals surface area contributed by atoms with Gasteiger partial charge in [-0.25, -0.2) is 4.39 Å². The Balaban J connectivity index is 2.08. The Bertz CT molecular complexity index is 461. The summed E-state index contributed by atoms with van der Waals surface area (Å²) in [5.41, 5.74) is 0.318. The second kappa shape index (κ2) is 6.15. The number of piperidine rings is 1. The van der Waals surface area contributed by atoms with Crippen molar-refractivity contribution in [2.24, 2.45) is 0 Å². The van der Waals surface area contributed by atoms with Gasteiger partial charge in [0.15, 0.2) is 17.3 Å². The Morgan fingerprint density at radius 2 is 2.26 bits per heavy atom. The van der Waals surface area contributed by atoms with Crippen LogP contribution >= 0.6 is 0 Å². The van der Waals surface area contributed by atoms with Gasteiger partial charge in [0.25, 0.3) is 0 Å². The van der Waals surface area contributed by atoms with E-state index in [1.54, 1.807) is 6.07 Å². The first-order valence-electron chi connectivity index (χ1n) is 6.72. The zero-order chi connectivity index (χ0) is 13.8. The number of nitrogens with zero attached hydrogens (tertiary/aromatic N) is 1. The van der Waals surface area contributed by atoms with Gasteiger partial charge in [-0.2, -0.15) is 0 Å². The van der Waals surface area contributed by atoms with E-state index in [1.165, 1.54) is 31.9 Å². The number of ketones is 1. The van der Waals surface area contributed by atoms with E-state index < -0.39 is 5.82 Å². The molecule has 0 aromatic heterocycles. The lowest BCUT2D eigenvalue weighted by Crippen LogP contribution is -2.40. The zero-order valence-corrected chi connectivity index (χ0v) is 11.5. The molecule has 1 aliphatic heterocycles. The summed E-state index contributed by atoms with van der Waals surface area (Å²) in [5, 5.41) is 0. The zero-order valence-electron chi connectivity index (χ0n) is 11.5. The van der Waals surface area contributed by atoms with Gasteiger partial charge < -0.3 is 9.64 Å². The molecule has 4 heteroatoms. The van der Waals surface area contributed by atoms with Crippen molar-refractivity contribution in [2.75, 3.05) is 20.2 Å². The van der Waals surface area contributed by atoms with Crippen LogP contribution in [-0.2, 0) is 0 Å². The van der Waals surface area contributed by atoms with E-state index in [9.17, 15) is 9.18 Å². The SMILES string of the molecule is CC(=O)c1cccc(F)c1OCC1CCCCN1C. The van der Waals surface area contributed by atoms with Gasteiger partial charge in [0.1, 0.15) is 6.61 Å². The van der Waals surface area contributed by atoms with Crippen molar-refractivity contribution < 1.29 is 13.9 Å². The Hall–Kier alpha value is -1.42. The molecule has 0 N–H and O–H groups in total. The number of para-hydroxylation sites is 1. The number of hydrogen-bond acceptors (Lipinski definition) is 3. The van der Waals surface area contributed by atoms with E-state index in [2.05, 4.69) is 11.9 Å². The van der Waals surface area contributed by atoms with Gasteiger partial charge in [-0.3, -0.25) is 4.79 Å². The maximum atomic E-state index is 13.8. The lowest BCUT2D eigenvalue weighted by atomic mass is 10.0. The van der Waals surface area contributed by atoms with Crippen LogP contribution in [-0.4, -0.2) is 36.9 Å². The highest BCUT2D eigenvalue weighted by Gasteiger charge is 2.21. The number of hydrogen-bond donors (Lipinski definition) is 0. The van der Waals surface area contributed by atoms with Gasteiger partial charge >= 0.3 is 0 Å². The highest BCUT2D eigenvalue weighted by atomic mass is 19.1. The second-order valence-corrected chi connectivity index (χ2v) is 5.11. The van der Waals surface area contributed by atoms with Gasteiger partial charge in [0.2, 0.25) is 0 Å². The Morgan fingerprint density at radius 3 is 2.95 bits per heavy atom. The summed E-state index contributed by atoms with van der Waals surface area (Å²) in [6.45, 7) is 2.90. The highest BCUT2D eigenvalue weighted by Crippen LogP contribution is 2.24. The molecule has 1 unspecified atom stereocenters. The number of likely N-dealkylation sites (tertiary alicyclic amines) is 1. The fourth-order valence-electron chi connectivity index (χ4n) is 2.47. The monoisotopic (exact) mass is 265 g/mol. The molecule has 1 fully saturated rings. The van der Waals surface area contributed by atoms with Crippen LogP contribution in [0.4, 0.5) is 4.39 Å². The number of carbonyl (C=O) groups is 1. The number of benzene rings is 1. The van der Waals surface area contributed by atoms with Gasteiger partial charge in [-0.1, -0.05) is 12.5 Å². The number of likely N-dealkylation sites (N-methyl/N-ethyl adjacent to an activating group) is 1. The van der Waals surface area contributed by atoms with Crippen molar-refractivity contribution in [1.29, 1.82) is 0 Å². The van der Waals surface area contributed by atoms with Crippen molar-refractivity contribution in [3.63, 3.8) is 0 Å². The summed E-state index contributed by atoms with van der Waals surface area (Å²) >= 11 is 0. The quantitative estimate of drug-likeness (QED) is 0.784. The first-order valence-corrected chi connectivity index (χ1v) is 6.72. The number of ether oxygens (including phenoxy) is 1. The summed E-state index contributed by atoms with van der Waals surface area (Å²) in [6.07, 6.45) is 3.43. The summed E-state index contributed by atoms with van der Waals surface area (Å²) in [7, 11) is 2.06. The summed E-state index contributed by atoms with van der Waals surface area (Å²) in [6, 6.07) is 4.76. The Morgan fingerprint density at radius 1 is 1.47 bits per heavy atom. The van der Waals surface area contributed by atoms with Crippen LogP contribution in [0, 0.1) is 5.82 Å². The minimum absolute atomic E-state index is 0.0916. The third-order valence-electron chi connectivity index (χ3n) is 3.69. The molecule has 0 saturated carbocycles. The molecule has 0 aliphatic carbocycles. The molecule has 1 aromatic rings. The number of halogens is 1. The molecule has 1 aromatic carbocycles. The standard InChI is InChI=1S/C15H20FNO2/c1-11(18)13-7-5-8-14(16)15(13)19-10-12-6-3-4-9-17(12)2/h5,7-8,12H,3-4,6,9-10H2,1-2H3. The highest BCUT2D eigenvalue weighted by molar-refractivity contribution is 5.96. The first kappa shape index (κ1) is 14.0. The fraction of sp³-hybridized carbons (Fsp3) is 0.533. The van der Waals surface area contributed by atoms with Crippen molar-refractivity contribution in [3.8, 4) is 5.75 Å². The third kappa shape index (κ3) is 3.32. The van der Waals surface area contributed by atoms with E-state index in [0.29, 0.717) is 18.2 Å². The van der Waals surface area contributed by atoms with E-state index in [4.69, 9.17) is 4.74 Å². The molecule has 3 nitrogen and oxygen atoms in total. The third-order valence-corrected chi connectivity index (χ3v) is 3.69. The van der Waals surface area contributed by atoms with Gasteiger partial charge in [-0.05, 0) is 45.5 Å². The average Bonchev–Trinajstić information content (AvgIpc) is 2.38. The Kier molecular flexibility index (Phi) is 4.53. The minimum Gasteiger partial charge on any atom is -0.488 e. The lowest BCUT2D eigenvalue weighted by Gasteiger charge is -2.32. The average molecular weight is 265 g/mol. The van der Waals surface area contributed by atoms with Crippen molar-refractivity contribution in [2.45, 2.75) is 32.2 Å². The number of rotatable bonds is 4.